The monoisotopic (exact) mass is 561 g/mol. The normalized spacial score (nSPS) is 10.8. The van der Waals surface area contributed by atoms with Crippen molar-refractivity contribution in [2.75, 3.05) is 31.0 Å². The van der Waals surface area contributed by atoms with E-state index in [1.54, 1.807) is 13.0 Å². The first-order valence-corrected chi connectivity index (χ1v) is 12.6. The largest absolute Gasteiger partial charge is 0.490 e. The minimum absolute atomic E-state index is 0.132. The minimum atomic E-state index is -0.661. The fraction of sp³-hybridized carbons (Fsp3) is 0.200. The average Bonchev–Trinajstić information content (AvgIpc) is 2.93. The Kier molecular flexibility index (Phi) is 10.3. The molecule has 0 aliphatic heterocycles. The second-order valence-electron chi connectivity index (χ2n) is 8.61. The lowest BCUT2D eigenvalue weighted by molar-refractivity contribution is -0.118. The molecule has 206 valence electrons. The maximum atomic E-state index is 12.7. The zero-order valence-electron chi connectivity index (χ0n) is 22.5. The van der Waals surface area contributed by atoms with Gasteiger partial charge >= 0.3 is 5.97 Å². The van der Waals surface area contributed by atoms with E-state index in [0.717, 1.165) is 11.1 Å². The van der Waals surface area contributed by atoms with E-state index in [-0.39, 0.29) is 41.2 Å². The van der Waals surface area contributed by atoms with Crippen molar-refractivity contribution in [2.45, 2.75) is 20.8 Å². The van der Waals surface area contributed by atoms with Crippen LogP contribution in [0.25, 0.3) is 6.08 Å². The second-order valence-corrected chi connectivity index (χ2v) is 9.02. The molecule has 3 aromatic rings. The van der Waals surface area contributed by atoms with Crippen molar-refractivity contribution in [2.24, 2.45) is 0 Å². The molecule has 0 fully saturated rings. The molecule has 0 heterocycles. The first-order chi connectivity index (χ1) is 19.1. The highest BCUT2D eigenvalue weighted by Crippen LogP contribution is 2.37. The van der Waals surface area contributed by atoms with Gasteiger partial charge in [-0.15, -0.1) is 0 Å². The fourth-order valence-electron chi connectivity index (χ4n) is 3.59. The predicted octanol–water partition coefficient (Wildman–Crippen LogP) is 5.71. The van der Waals surface area contributed by atoms with Crippen molar-refractivity contribution in [1.82, 2.24) is 0 Å². The molecule has 0 aliphatic carbocycles. The van der Waals surface area contributed by atoms with E-state index >= 15 is 0 Å². The van der Waals surface area contributed by atoms with Gasteiger partial charge in [-0.1, -0.05) is 23.7 Å². The smallest absolute Gasteiger partial charge is 0.337 e. The number of carbonyl (C=O) groups is 3. The van der Waals surface area contributed by atoms with Crippen molar-refractivity contribution in [3.8, 4) is 17.6 Å². The summed E-state index contributed by atoms with van der Waals surface area (Å²) in [6.45, 7) is 5.56. The van der Waals surface area contributed by atoms with E-state index < -0.39 is 11.9 Å². The maximum absolute atomic E-state index is 12.7. The molecule has 0 saturated carbocycles. The van der Waals surface area contributed by atoms with Gasteiger partial charge in [0.2, 0.25) is 0 Å². The van der Waals surface area contributed by atoms with Crippen LogP contribution in [0.15, 0.2) is 60.2 Å². The van der Waals surface area contributed by atoms with E-state index in [2.05, 4.69) is 15.4 Å². The molecule has 0 atom stereocenters. The Labute approximate surface area is 237 Å². The summed E-state index contributed by atoms with van der Waals surface area (Å²) < 4.78 is 16.0. The molecule has 0 saturated heterocycles. The van der Waals surface area contributed by atoms with E-state index in [1.165, 1.54) is 43.5 Å². The Balaban J connectivity index is 1.76. The molecule has 0 radical (unpaired) electrons. The van der Waals surface area contributed by atoms with Crippen LogP contribution >= 0.6 is 11.6 Å². The summed E-state index contributed by atoms with van der Waals surface area (Å²) in [5, 5.41) is 15.2. The van der Waals surface area contributed by atoms with Crippen molar-refractivity contribution >= 4 is 46.8 Å². The van der Waals surface area contributed by atoms with Crippen LogP contribution in [0.3, 0.4) is 0 Å². The third-order valence-corrected chi connectivity index (χ3v) is 5.87. The second kappa shape index (κ2) is 13.8. The molecule has 40 heavy (non-hydrogen) atoms. The fourth-order valence-corrected chi connectivity index (χ4v) is 3.86. The number of methoxy groups -OCH3 is 1. The summed E-state index contributed by atoms with van der Waals surface area (Å²) in [7, 11) is 1.27. The van der Waals surface area contributed by atoms with Gasteiger partial charge in [0.1, 0.15) is 11.6 Å². The number of amides is 2. The lowest BCUT2D eigenvalue weighted by Crippen LogP contribution is -2.21. The topological polar surface area (TPSA) is 127 Å². The maximum Gasteiger partial charge on any atom is 0.337 e. The van der Waals surface area contributed by atoms with Gasteiger partial charge in [-0.05, 0) is 86.0 Å². The Morgan fingerprint density at radius 1 is 1.00 bits per heavy atom. The van der Waals surface area contributed by atoms with Gasteiger partial charge in [-0.2, -0.15) is 5.26 Å². The van der Waals surface area contributed by atoms with Gasteiger partial charge in [0.05, 0.1) is 24.3 Å². The first kappa shape index (κ1) is 29.7. The van der Waals surface area contributed by atoms with Crippen LogP contribution in [0.4, 0.5) is 11.4 Å². The lowest BCUT2D eigenvalue weighted by atomic mass is 10.1. The number of rotatable bonds is 10. The number of nitriles is 1. The van der Waals surface area contributed by atoms with Crippen LogP contribution in [0.1, 0.15) is 34.0 Å². The number of nitrogens with zero attached hydrogens (tertiary/aromatic N) is 1. The molecule has 0 aromatic heterocycles. The molecule has 0 aliphatic rings. The Morgan fingerprint density at radius 3 is 2.38 bits per heavy atom. The quantitative estimate of drug-likeness (QED) is 0.184. The third-order valence-electron chi connectivity index (χ3n) is 5.59. The van der Waals surface area contributed by atoms with Gasteiger partial charge in [0.15, 0.2) is 18.1 Å². The van der Waals surface area contributed by atoms with Gasteiger partial charge < -0.3 is 24.8 Å². The molecule has 0 spiro atoms. The Bertz CT molecular complexity index is 1490. The van der Waals surface area contributed by atoms with Gasteiger partial charge in [0.25, 0.3) is 11.8 Å². The molecule has 0 unspecified atom stereocenters. The van der Waals surface area contributed by atoms with Crippen LogP contribution in [0.2, 0.25) is 5.02 Å². The number of halogens is 1. The number of benzene rings is 3. The molecule has 10 heteroatoms. The number of esters is 1. The predicted molar refractivity (Wildman–Crippen MR) is 153 cm³/mol. The summed E-state index contributed by atoms with van der Waals surface area (Å²) in [5.41, 5.74) is 3.53. The molecular formula is C30H28ClN3O6. The van der Waals surface area contributed by atoms with Gasteiger partial charge in [0, 0.05) is 11.4 Å². The number of carbonyl (C=O) groups excluding carboxylic acids is 3. The minimum Gasteiger partial charge on any atom is -0.490 e. The Morgan fingerprint density at radius 2 is 1.73 bits per heavy atom. The number of anilines is 2. The zero-order chi connectivity index (χ0) is 29.2. The van der Waals surface area contributed by atoms with E-state index in [9.17, 15) is 19.6 Å². The number of ether oxygens (including phenoxy) is 3. The molecular weight excluding hydrogens is 534 g/mol. The lowest BCUT2D eigenvalue weighted by Gasteiger charge is -2.15. The molecule has 9 nitrogen and oxygen atoms in total. The van der Waals surface area contributed by atoms with Gasteiger partial charge in [-0.25, -0.2) is 4.79 Å². The number of aryl methyl sites for hydroxylation is 2. The number of hydrogen-bond acceptors (Lipinski definition) is 7. The summed E-state index contributed by atoms with van der Waals surface area (Å²) in [6, 6.07) is 16.7. The van der Waals surface area contributed by atoms with E-state index in [4.69, 9.17) is 21.1 Å². The average molecular weight is 562 g/mol. The van der Waals surface area contributed by atoms with Crippen molar-refractivity contribution < 1.29 is 28.6 Å². The van der Waals surface area contributed by atoms with Crippen LogP contribution in [0, 0.1) is 25.2 Å². The Hall–Kier alpha value is -4.81. The summed E-state index contributed by atoms with van der Waals surface area (Å²) in [6.07, 6.45) is 1.35. The van der Waals surface area contributed by atoms with E-state index in [1.807, 2.05) is 38.1 Å². The highest BCUT2D eigenvalue weighted by atomic mass is 35.5. The van der Waals surface area contributed by atoms with Crippen molar-refractivity contribution in [3.63, 3.8) is 0 Å². The summed E-state index contributed by atoms with van der Waals surface area (Å²) >= 11 is 6.46. The number of nitrogens with one attached hydrogen (secondary N) is 2. The third kappa shape index (κ3) is 7.85. The molecule has 2 N–H and O–H groups in total. The van der Waals surface area contributed by atoms with Gasteiger partial charge in [-0.3, -0.25) is 9.59 Å². The number of hydrogen-bond donors (Lipinski definition) is 2. The van der Waals surface area contributed by atoms with E-state index in [0.29, 0.717) is 22.5 Å². The van der Waals surface area contributed by atoms with Crippen molar-refractivity contribution in [1.29, 1.82) is 5.26 Å². The highest BCUT2D eigenvalue weighted by Gasteiger charge is 2.17. The first-order valence-electron chi connectivity index (χ1n) is 12.2. The van der Waals surface area contributed by atoms with Crippen LogP contribution in [-0.2, 0) is 14.3 Å². The van der Waals surface area contributed by atoms with Crippen LogP contribution in [-0.4, -0.2) is 38.1 Å². The van der Waals surface area contributed by atoms with Crippen LogP contribution in [0.5, 0.6) is 11.5 Å². The molecule has 0 bridgehead atoms. The van der Waals surface area contributed by atoms with Crippen molar-refractivity contribution in [3.05, 3.63) is 87.4 Å². The molecule has 2 amide bonds. The standard InChI is InChI=1S/C30H28ClN3O6/c1-5-39-26-15-20(13-22(16-32)29(36)33-23-10-8-21(9-11-23)30(37)38-4)14-24(31)28(26)40-17-27(35)34-25-12-18(2)6-7-19(25)3/h6-15H,5,17H2,1-4H3,(H,33,36)(H,34,35)/b22-13-. The molecule has 3 aromatic carbocycles. The molecule has 3 rings (SSSR count). The SMILES string of the molecule is CCOc1cc(/C=C(/C#N)C(=O)Nc2ccc(C(=O)OC)cc2)cc(Cl)c1OCC(=O)Nc1cc(C)ccc1C. The highest BCUT2D eigenvalue weighted by molar-refractivity contribution is 6.32. The van der Waals surface area contributed by atoms with Crippen LogP contribution < -0.4 is 20.1 Å². The summed E-state index contributed by atoms with van der Waals surface area (Å²) in [5.74, 6) is -1.14. The summed E-state index contributed by atoms with van der Waals surface area (Å²) in [4.78, 5) is 36.9. The zero-order valence-corrected chi connectivity index (χ0v) is 23.2.